The Morgan fingerprint density at radius 3 is 2.21 bits per heavy atom. The second-order valence-corrected chi connectivity index (χ2v) is 32.0. The first-order valence-electron chi connectivity index (χ1n) is 23.1. The van der Waals surface area contributed by atoms with Crippen LogP contribution in [-0.4, -0.2) is 88.6 Å². The zero-order chi connectivity index (χ0) is 45.9. The molecule has 4 heterocycles. The van der Waals surface area contributed by atoms with Crippen LogP contribution in [0.15, 0.2) is 24.4 Å². The first kappa shape index (κ1) is 50.3. The first-order chi connectivity index (χ1) is 29.0. The van der Waals surface area contributed by atoms with Gasteiger partial charge in [0.25, 0.3) is 0 Å². The van der Waals surface area contributed by atoms with Gasteiger partial charge in [0.2, 0.25) is 11.8 Å². The molecule has 0 amide bonds. The van der Waals surface area contributed by atoms with Gasteiger partial charge >= 0.3 is 0 Å². The van der Waals surface area contributed by atoms with Crippen LogP contribution >= 0.6 is 22.6 Å². The van der Waals surface area contributed by atoms with Gasteiger partial charge in [-0.05, 0) is 129 Å². The lowest BCUT2D eigenvalue weighted by Gasteiger charge is -2.38. The molecular weight excluding hydrogens is 922 g/mol. The molecule has 0 spiro atoms. The number of ether oxygens (including phenoxy) is 3. The molecule has 0 aliphatic carbocycles. The van der Waals surface area contributed by atoms with E-state index in [0.717, 1.165) is 68.7 Å². The van der Waals surface area contributed by atoms with E-state index in [1.54, 1.807) is 0 Å². The highest BCUT2D eigenvalue weighted by Crippen LogP contribution is 2.42. The molecule has 1 aromatic carbocycles. The third kappa shape index (κ3) is 11.2. The molecule has 344 valence electrons. The molecule has 0 radical (unpaired) electrons. The molecule has 11 nitrogen and oxygen atoms in total. The van der Waals surface area contributed by atoms with Gasteiger partial charge in [0.05, 0.1) is 45.8 Å². The molecule has 1 aliphatic heterocycles. The standard InChI is InChI=1S/C48H78IN7O4Si2/c1-32(2)54(31-43-45(49)46(59-33(3)4)52-55(43)24-26-58-61(16,17)48(12,13)14)30-37(11)60-47-40(29-50-53(47)15)38-21-22-42-39(28-38)41(51-56(42)44-20-18-19-25-57-44)23-27-62(34(5)6,35(7)8)36(9)10/h21-22,28-29,32-37,44H,18-20,24-26,30-31H2,1-17H3. The Kier molecular flexibility index (Phi) is 16.8. The van der Waals surface area contributed by atoms with Crippen LogP contribution in [0.4, 0.5) is 0 Å². The van der Waals surface area contributed by atoms with E-state index in [0.29, 0.717) is 48.7 Å². The molecule has 62 heavy (non-hydrogen) atoms. The van der Waals surface area contributed by atoms with Crippen molar-refractivity contribution in [2.45, 2.75) is 189 Å². The zero-order valence-electron chi connectivity index (χ0n) is 41.1. The third-order valence-corrected chi connectivity index (χ3v) is 25.3. The van der Waals surface area contributed by atoms with Gasteiger partial charge in [0.1, 0.15) is 19.9 Å². The second-order valence-electron chi connectivity index (χ2n) is 20.5. The fraction of sp³-hybridized carbons (Fsp3) is 0.688. The molecule has 5 rings (SSSR count). The maximum Gasteiger partial charge on any atom is 0.246 e. The molecule has 0 bridgehead atoms. The largest absolute Gasteiger partial charge is 0.473 e. The molecule has 2 unspecified atom stereocenters. The molecule has 1 fully saturated rings. The summed E-state index contributed by atoms with van der Waals surface area (Å²) in [6, 6.07) is 6.83. The maximum absolute atomic E-state index is 6.89. The lowest BCUT2D eigenvalue weighted by atomic mass is 10.1. The summed E-state index contributed by atoms with van der Waals surface area (Å²) in [5, 5.41) is 16.1. The third-order valence-electron chi connectivity index (χ3n) is 13.4. The molecule has 1 aliphatic rings. The highest BCUT2D eigenvalue weighted by Gasteiger charge is 2.42. The maximum atomic E-state index is 6.89. The molecule has 2 atom stereocenters. The van der Waals surface area contributed by atoms with Crippen molar-refractivity contribution in [2.24, 2.45) is 7.05 Å². The van der Waals surface area contributed by atoms with Crippen LogP contribution in [0.25, 0.3) is 22.0 Å². The van der Waals surface area contributed by atoms with E-state index in [1.165, 1.54) is 0 Å². The van der Waals surface area contributed by atoms with Gasteiger partial charge in [0.15, 0.2) is 14.5 Å². The lowest BCUT2D eigenvalue weighted by Crippen LogP contribution is -2.43. The number of nitrogens with zero attached hydrogens (tertiary/aromatic N) is 7. The number of rotatable bonds is 18. The molecule has 14 heteroatoms. The van der Waals surface area contributed by atoms with E-state index in [9.17, 15) is 0 Å². The topological polar surface area (TPSA) is 93.6 Å². The van der Waals surface area contributed by atoms with Crippen molar-refractivity contribution in [3.05, 3.63) is 39.4 Å². The molecule has 0 N–H and O–H groups in total. The molecule has 1 saturated heterocycles. The predicted molar refractivity (Wildman–Crippen MR) is 268 cm³/mol. The summed E-state index contributed by atoms with van der Waals surface area (Å²) in [5.74, 6) is 5.12. The highest BCUT2D eigenvalue weighted by atomic mass is 127. The minimum absolute atomic E-state index is 0.0222. The quantitative estimate of drug-likeness (QED) is 0.0553. The number of benzene rings is 1. The number of hydrogen-bond acceptors (Lipinski definition) is 8. The Hall–Kier alpha value is -2.69. The molecule has 4 aromatic rings. The van der Waals surface area contributed by atoms with E-state index in [1.807, 2.05) is 31.8 Å². The van der Waals surface area contributed by atoms with E-state index in [4.69, 9.17) is 33.9 Å². The van der Waals surface area contributed by atoms with Gasteiger partial charge < -0.3 is 18.6 Å². The smallest absolute Gasteiger partial charge is 0.246 e. The Morgan fingerprint density at radius 1 is 0.952 bits per heavy atom. The van der Waals surface area contributed by atoms with Crippen LogP contribution < -0.4 is 9.47 Å². The SMILES string of the molecule is CC(C)Oc1nn(CCO[Si](C)(C)C(C)(C)C)c(CN(CC(C)Oc2c(-c3ccc4c(c3)c(C#C[Si](C(C)C)(C(C)C)C(C)C)nn4C3CCCCO3)cnn2C)C(C)C)c1I. The zero-order valence-corrected chi connectivity index (χ0v) is 45.3. The van der Waals surface area contributed by atoms with Gasteiger partial charge in [-0.25, -0.2) is 9.36 Å². The van der Waals surface area contributed by atoms with Gasteiger partial charge in [-0.2, -0.15) is 10.2 Å². The second kappa shape index (κ2) is 20.6. The number of aryl methyl sites for hydroxylation is 1. The number of fused-ring (bicyclic) bond motifs is 1. The van der Waals surface area contributed by atoms with Crippen LogP contribution in [0.3, 0.4) is 0 Å². The van der Waals surface area contributed by atoms with Crippen LogP contribution in [0.2, 0.25) is 34.8 Å². The van der Waals surface area contributed by atoms with Gasteiger partial charge in [-0.3, -0.25) is 9.58 Å². The Morgan fingerprint density at radius 2 is 1.63 bits per heavy atom. The summed E-state index contributed by atoms with van der Waals surface area (Å²) in [6.45, 7) is 39.7. The van der Waals surface area contributed by atoms with Crippen molar-refractivity contribution in [1.82, 2.24) is 34.2 Å². The molecule has 3 aromatic heterocycles. The molecule has 0 saturated carbocycles. The van der Waals surface area contributed by atoms with E-state index in [2.05, 4.69) is 163 Å². The highest BCUT2D eigenvalue weighted by molar-refractivity contribution is 14.1. The van der Waals surface area contributed by atoms with Gasteiger partial charge in [0, 0.05) is 38.2 Å². The van der Waals surface area contributed by atoms with Gasteiger partial charge in [-0.1, -0.05) is 74.3 Å². The average Bonchev–Trinajstić information content (AvgIpc) is 3.82. The van der Waals surface area contributed by atoms with Crippen LogP contribution in [-0.2, 0) is 29.3 Å². The number of halogens is 1. The van der Waals surface area contributed by atoms with Crippen molar-refractivity contribution in [1.29, 1.82) is 0 Å². The van der Waals surface area contributed by atoms with Crippen LogP contribution in [0.1, 0.15) is 134 Å². The number of aromatic nitrogens is 6. The van der Waals surface area contributed by atoms with E-state index >= 15 is 0 Å². The summed E-state index contributed by atoms with van der Waals surface area (Å²) < 4.78 is 33.1. The fourth-order valence-corrected chi connectivity index (χ4v) is 15.7. The lowest BCUT2D eigenvalue weighted by molar-refractivity contribution is -0.0367. The van der Waals surface area contributed by atoms with Crippen molar-refractivity contribution in [3.8, 4) is 34.4 Å². The van der Waals surface area contributed by atoms with Gasteiger partial charge in [-0.15, -0.1) is 10.6 Å². The fourth-order valence-electron chi connectivity index (χ4n) is 8.80. The number of hydrogen-bond donors (Lipinski definition) is 0. The van der Waals surface area contributed by atoms with Crippen molar-refractivity contribution >= 4 is 49.9 Å². The summed E-state index contributed by atoms with van der Waals surface area (Å²) in [6.07, 6.45) is 4.85. The van der Waals surface area contributed by atoms with Crippen molar-refractivity contribution < 1.29 is 18.6 Å². The Labute approximate surface area is 389 Å². The van der Waals surface area contributed by atoms with Crippen molar-refractivity contribution in [2.75, 3.05) is 19.8 Å². The van der Waals surface area contributed by atoms with Crippen LogP contribution in [0.5, 0.6) is 11.8 Å². The normalized spacial score (nSPS) is 16.1. The minimum atomic E-state index is -2.00. The first-order valence-corrected chi connectivity index (χ1v) is 29.4. The Balaban J connectivity index is 1.45. The van der Waals surface area contributed by atoms with Crippen LogP contribution in [0, 0.1) is 15.0 Å². The molecular formula is C48H78IN7O4Si2. The summed E-state index contributed by atoms with van der Waals surface area (Å²) in [7, 11) is -1.96. The minimum Gasteiger partial charge on any atom is -0.473 e. The summed E-state index contributed by atoms with van der Waals surface area (Å²) >= 11 is 2.41. The monoisotopic (exact) mass is 999 g/mol. The summed E-state index contributed by atoms with van der Waals surface area (Å²) in [4.78, 5) is 2.46. The Bertz CT molecular complexity index is 2140. The predicted octanol–water partition coefficient (Wildman–Crippen LogP) is 12.0. The summed E-state index contributed by atoms with van der Waals surface area (Å²) in [5.41, 5.74) is 10.5. The van der Waals surface area contributed by atoms with E-state index < -0.39 is 16.4 Å². The average molecular weight is 1000 g/mol. The van der Waals surface area contributed by atoms with E-state index in [-0.39, 0.29) is 29.5 Å². The van der Waals surface area contributed by atoms with Crippen molar-refractivity contribution in [3.63, 3.8) is 0 Å².